The van der Waals surface area contributed by atoms with E-state index in [4.69, 9.17) is 0 Å². The van der Waals surface area contributed by atoms with Gasteiger partial charge in [0.25, 0.3) is 0 Å². The summed E-state index contributed by atoms with van der Waals surface area (Å²) in [6.07, 6.45) is 6.32. The molecule has 3 N–H and O–H groups in total. The van der Waals surface area contributed by atoms with Crippen molar-refractivity contribution >= 4 is 10.0 Å². The fourth-order valence-corrected chi connectivity index (χ4v) is 3.27. The minimum Gasteiger partial charge on any atom is -0.347 e. The summed E-state index contributed by atoms with van der Waals surface area (Å²) in [4.78, 5) is 6.70. The average molecular weight is 258 g/mol. The highest BCUT2D eigenvalue weighted by Crippen LogP contribution is 2.08. The zero-order valence-electron chi connectivity index (χ0n) is 9.65. The first-order chi connectivity index (χ1) is 8.16. The van der Waals surface area contributed by atoms with Gasteiger partial charge < -0.3 is 10.3 Å². The Morgan fingerprint density at radius 3 is 3.00 bits per heavy atom. The first-order valence-electron chi connectivity index (χ1n) is 5.84. The van der Waals surface area contributed by atoms with Gasteiger partial charge in [0.15, 0.2) is 0 Å². The molecule has 0 amide bonds. The van der Waals surface area contributed by atoms with Crippen LogP contribution in [0, 0.1) is 0 Å². The number of nitrogens with zero attached hydrogens (tertiary/aromatic N) is 1. The van der Waals surface area contributed by atoms with Crippen molar-refractivity contribution in [1.82, 2.24) is 20.0 Å². The summed E-state index contributed by atoms with van der Waals surface area (Å²) in [5.41, 5.74) is 0.769. The number of sulfonamides is 1. The molecule has 0 spiro atoms. The highest BCUT2D eigenvalue weighted by molar-refractivity contribution is 7.89. The van der Waals surface area contributed by atoms with Crippen molar-refractivity contribution in [1.29, 1.82) is 0 Å². The maximum Gasteiger partial charge on any atom is 0.213 e. The van der Waals surface area contributed by atoms with E-state index in [0.717, 1.165) is 31.5 Å². The van der Waals surface area contributed by atoms with Gasteiger partial charge in [0.05, 0.1) is 18.6 Å². The first kappa shape index (κ1) is 12.5. The van der Waals surface area contributed by atoms with Crippen LogP contribution < -0.4 is 10.0 Å². The number of rotatable bonds is 5. The van der Waals surface area contributed by atoms with E-state index in [1.807, 2.05) is 0 Å². The number of hydrogen-bond acceptors (Lipinski definition) is 4. The van der Waals surface area contributed by atoms with E-state index >= 15 is 0 Å². The Labute approximate surface area is 101 Å². The molecule has 1 unspecified atom stereocenters. The van der Waals surface area contributed by atoms with Gasteiger partial charge in [-0.05, 0) is 19.4 Å². The molecule has 2 rings (SSSR count). The van der Waals surface area contributed by atoms with Crippen molar-refractivity contribution in [2.24, 2.45) is 0 Å². The minimum atomic E-state index is -3.22. The highest BCUT2D eigenvalue weighted by Gasteiger charge is 2.20. The zero-order valence-corrected chi connectivity index (χ0v) is 10.5. The number of imidazole rings is 1. The summed E-state index contributed by atoms with van der Waals surface area (Å²) in [6.45, 7) is 1.19. The fraction of sp³-hybridized carbons (Fsp3) is 0.700. The molecule has 0 radical (unpaired) electrons. The van der Waals surface area contributed by atoms with E-state index in [-0.39, 0.29) is 18.3 Å². The van der Waals surface area contributed by atoms with E-state index in [1.165, 1.54) is 6.33 Å². The van der Waals surface area contributed by atoms with E-state index < -0.39 is 10.0 Å². The SMILES string of the molecule is O=S(=O)(CC1CCCCN1)NCc1cnc[nH]1. The van der Waals surface area contributed by atoms with Gasteiger partial charge in [-0.25, -0.2) is 18.1 Å². The minimum absolute atomic E-state index is 0.0861. The van der Waals surface area contributed by atoms with Crippen LogP contribution in [-0.2, 0) is 16.6 Å². The van der Waals surface area contributed by atoms with Crippen molar-refractivity contribution in [2.45, 2.75) is 31.8 Å². The van der Waals surface area contributed by atoms with Crippen molar-refractivity contribution in [3.8, 4) is 0 Å². The van der Waals surface area contributed by atoms with Gasteiger partial charge in [-0.1, -0.05) is 6.42 Å². The van der Waals surface area contributed by atoms with Gasteiger partial charge in [-0.3, -0.25) is 0 Å². The molecule has 2 heterocycles. The summed E-state index contributed by atoms with van der Waals surface area (Å²) in [5, 5.41) is 3.23. The summed E-state index contributed by atoms with van der Waals surface area (Å²) in [6, 6.07) is 0.0861. The molecule has 96 valence electrons. The molecule has 1 aliphatic rings. The Balaban J connectivity index is 1.81. The lowest BCUT2D eigenvalue weighted by molar-refractivity contribution is 0.422. The normalized spacial score (nSPS) is 21.5. The summed E-state index contributed by atoms with van der Waals surface area (Å²) in [5.74, 6) is 0.154. The standard InChI is InChI=1S/C10H18N4O2S/c15-17(16,7-9-3-1-2-4-12-9)14-6-10-5-11-8-13-10/h5,8-9,12,14H,1-4,6-7H2,(H,11,13). The molecule has 0 bridgehead atoms. The van der Waals surface area contributed by atoms with Gasteiger partial charge in [0.2, 0.25) is 10.0 Å². The Bertz CT molecular complexity index is 423. The monoisotopic (exact) mass is 258 g/mol. The Kier molecular flexibility index (Phi) is 4.14. The maximum atomic E-state index is 11.8. The molecule has 0 saturated carbocycles. The Morgan fingerprint density at radius 1 is 1.47 bits per heavy atom. The quantitative estimate of drug-likeness (QED) is 0.692. The van der Waals surface area contributed by atoms with E-state index in [2.05, 4.69) is 20.0 Å². The lowest BCUT2D eigenvalue weighted by atomic mass is 10.1. The molecule has 1 saturated heterocycles. The van der Waals surface area contributed by atoms with Crippen molar-refractivity contribution < 1.29 is 8.42 Å². The number of hydrogen-bond donors (Lipinski definition) is 3. The molecule has 7 heteroatoms. The average Bonchev–Trinajstić information content (AvgIpc) is 2.80. The summed E-state index contributed by atoms with van der Waals surface area (Å²) >= 11 is 0. The second-order valence-electron chi connectivity index (χ2n) is 4.33. The smallest absolute Gasteiger partial charge is 0.213 e. The molecule has 0 aliphatic carbocycles. The number of aromatic nitrogens is 2. The summed E-state index contributed by atoms with van der Waals surface area (Å²) < 4.78 is 26.2. The molecule has 1 atom stereocenters. The third-order valence-corrected chi connectivity index (χ3v) is 4.30. The topological polar surface area (TPSA) is 86.9 Å². The van der Waals surface area contributed by atoms with Crippen LogP contribution in [0.5, 0.6) is 0 Å². The molecular weight excluding hydrogens is 240 g/mol. The third-order valence-electron chi connectivity index (χ3n) is 2.87. The molecule has 1 fully saturated rings. The molecule has 6 nitrogen and oxygen atoms in total. The zero-order chi connectivity index (χ0) is 12.1. The molecule has 1 aromatic heterocycles. The number of aromatic amines is 1. The number of piperidine rings is 1. The maximum absolute atomic E-state index is 11.8. The molecular formula is C10H18N4O2S. The van der Waals surface area contributed by atoms with Crippen LogP contribution >= 0.6 is 0 Å². The molecule has 0 aromatic carbocycles. The Hall–Kier alpha value is -0.920. The predicted molar refractivity (Wildman–Crippen MR) is 64.9 cm³/mol. The van der Waals surface area contributed by atoms with Crippen LogP contribution in [0.3, 0.4) is 0 Å². The van der Waals surface area contributed by atoms with Gasteiger partial charge >= 0.3 is 0 Å². The van der Waals surface area contributed by atoms with Crippen LogP contribution in [0.4, 0.5) is 0 Å². The number of nitrogens with one attached hydrogen (secondary N) is 3. The van der Waals surface area contributed by atoms with Gasteiger partial charge in [-0.15, -0.1) is 0 Å². The van der Waals surface area contributed by atoms with Crippen molar-refractivity contribution in [3.05, 3.63) is 18.2 Å². The van der Waals surface area contributed by atoms with Crippen LogP contribution in [0.2, 0.25) is 0 Å². The Morgan fingerprint density at radius 2 is 2.35 bits per heavy atom. The lowest BCUT2D eigenvalue weighted by Gasteiger charge is -2.23. The lowest BCUT2D eigenvalue weighted by Crippen LogP contribution is -2.42. The second-order valence-corrected chi connectivity index (χ2v) is 6.18. The largest absolute Gasteiger partial charge is 0.347 e. The molecule has 1 aliphatic heterocycles. The molecule has 1 aromatic rings. The highest BCUT2D eigenvalue weighted by atomic mass is 32.2. The van der Waals surface area contributed by atoms with Crippen LogP contribution in [0.15, 0.2) is 12.5 Å². The van der Waals surface area contributed by atoms with Crippen molar-refractivity contribution in [3.63, 3.8) is 0 Å². The van der Waals surface area contributed by atoms with E-state index in [0.29, 0.717) is 0 Å². The van der Waals surface area contributed by atoms with Crippen LogP contribution in [0.25, 0.3) is 0 Å². The fourth-order valence-electron chi connectivity index (χ4n) is 1.96. The van der Waals surface area contributed by atoms with Gasteiger partial charge in [-0.2, -0.15) is 0 Å². The van der Waals surface area contributed by atoms with Crippen LogP contribution in [-0.4, -0.2) is 36.7 Å². The first-order valence-corrected chi connectivity index (χ1v) is 7.49. The summed E-state index contributed by atoms with van der Waals surface area (Å²) in [7, 11) is -3.22. The third kappa shape index (κ3) is 4.10. The van der Waals surface area contributed by atoms with Gasteiger partial charge in [0.1, 0.15) is 0 Å². The molecule has 17 heavy (non-hydrogen) atoms. The van der Waals surface area contributed by atoms with Crippen molar-refractivity contribution in [2.75, 3.05) is 12.3 Å². The predicted octanol–water partition coefficient (Wildman–Crippen LogP) is -0.0288. The number of H-pyrrole nitrogens is 1. The van der Waals surface area contributed by atoms with Gasteiger partial charge in [0, 0.05) is 17.9 Å². The second kappa shape index (κ2) is 5.61. The van der Waals surface area contributed by atoms with E-state index in [9.17, 15) is 8.42 Å². The van der Waals surface area contributed by atoms with E-state index in [1.54, 1.807) is 6.20 Å². The van der Waals surface area contributed by atoms with Crippen LogP contribution in [0.1, 0.15) is 25.0 Å².